The molecule has 0 saturated carbocycles. The highest BCUT2D eigenvalue weighted by molar-refractivity contribution is 5.94. The first-order valence-corrected chi connectivity index (χ1v) is 9.56. The maximum absolute atomic E-state index is 12.7. The van der Waals surface area contributed by atoms with Crippen molar-refractivity contribution in [1.29, 1.82) is 0 Å². The van der Waals surface area contributed by atoms with Crippen LogP contribution in [0.5, 0.6) is 11.5 Å². The molecule has 2 aromatic carbocycles. The lowest BCUT2D eigenvalue weighted by Gasteiger charge is -2.35. The molecular formula is C22H28N2O4. The van der Waals surface area contributed by atoms with Crippen molar-refractivity contribution in [2.45, 2.75) is 39.1 Å². The van der Waals surface area contributed by atoms with Gasteiger partial charge in [-0.1, -0.05) is 18.2 Å². The number of aromatic hydroxyl groups is 1. The average Bonchev–Trinajstić information content (AvgIpc) is 2.67. The number of phenols is 1. The minimum Gasteiger partial charge on any atom is -0.504 e. The van der Waals surface area contributed by atoms with Crippen molar-refractivity contribution in [2.24, 2.45) is 0 Å². The summed E-state index contributed by atoms with van der Waals surface area (Å²) in [5, 5.41) is 13.2. The number of hydrogen-bond donors (Lipinski definition) is 2. The minimum absolute atomic E-state index is 0.0511. The number of methoxy groups -OCH3 is 1. The van der Waals surface area contributed by atoms with E-state index < -0.39 is 0 Å². The molecule has 28 heavy (non-hydrogen) atoms. The predicted molar refractivity (Wildman–Crippen MR) is 108 cm³/mol. The first kappa shape index (κ1) is 20.2. The van der Waals surface area contributed by atoms with Gasteiger partial charge in [0.15, 0.2) is 11.5 Å². The van der Waals surface area contributed by atoms with E-state index in [4.69, 9.17) is 9.47 Å². The second-order valence-electron chi connectivity index (χ2n) is 7.27. The van der Waals surface area contributed by atoms with Crippen molar-refractivity contribution >= 4 is 5.91 Å². The van der Waals surface area contributed by atoms with Gasteiger partial charge in [0.05, 0.1) is 19.3 Å². The fourth-order valence-corrected chi connectivity index (χ4v) is 3.49. The molecule has 6 heteroatoms. The third-order valence-corrected chi connectivity index (χ3v) is 4.81. The molecule has 0 spiro atoms. The van der Waals surface area contributed by atoms with E-state index in [0.717, 1.165) is 11.1 Å². The van der Waals surface area contributed by atoms with Gasteiger partial charge in [-0.15, -0.1) is 0 Å². The van der Waals surface area contributed by atoms with Gasteiger partial charge in [0.25, 0.3) is 5.91 Å². The molecule has 0 aromatic heterocycles. The molecule has 1 aliphatic heterocycles. The molecule has 1 heterocycles. The molecule has 2 N–H and O–H groups in total. The van der Waals surface area contributed by atoms with Crippen molar-refractivity contribution in [3.63, 3.8) is 0 Å². The van der Waals surface area contributed by atoms with Gasteiger partial charge in [-0.25, -0.2) is 0 Å². The van der Waals surface area contributed by atoms with Crippen LogP contribution in [0.4, 0.5) is 0 Å². The summed E-state index contributed by atoms with van der Waals surface area (Å²) in [5.74, 6) is 0.652. The second-order valence-corrected chi connectivity index (χ2v) is 7.27. The lowest BCUT2D eigenvalue weighted by atomic mass is 10.1. The van der Waals surface area contributed by atoms with Crippen LogP contribution in [0.15, 0.2) is 42.5 Å². The molecule has 1 saturated heterocycles. The van der Waals surface area contributed by atoms with Crippen LogP contribution < -0.4 is 10.1 Å². The van der Waals surface area contributed by atoms with Crippen molar-refractivity contribution in [2.75, 3.05) is 20.2 Å². The number of nitrogens with one attached hydrogen (secondary N) is 1. The zero-order chi connectivity index (χ0) is 20.1. The number of morpholine rings is 1. The Kier molecular flexibility index (Phi) is 6.54. The molecule has 3 rings (SSSR count). The molecule has 1 amide bonds. The van der Waals surface area contributed by atoms with Crippen LogP contribution in [0.3, 0.4) is 0 Å². The van der Waals surface area contributed by atoms with Crippen LogP contribution in [0.2, 0.25) is 0 Å². The summed E-state index contributed by atoms with van der Waals surface area (Å²) < 4.78 is 10.7. The Bertz CT molecular complexity index is 797. The molecule has 2 unspecified atom stereocenters. The predicted octanol–water partition coefficient (Wildman–Crippen LogP) is 2.94. The smallest absolute Gasteiger partial charge is 0.254 e. The Morgan fingerprint density at radius 1 is 1.11 bits per heavy atom. The number of benzene rings is 2. The number of ether oxygens (including phenoxy) is 2. The summed E-state index contributed by atoms with van der Waals surface area (Å²) in [5.41, 5.74) is 2.77. The molecule has 6 nitrogen and oxygen atoms in total. The zero-order valence-corrected chi connectivity index (χ0v) is 16.6. The number of amides is 1. The van der Waals surface area contributed by atoms with Crippen LogP contribution >= 0.6 is 0 Å². The van der Waals surface area contributed by atoms with E-state index in [1.807, 2.05) is 49.1 Å². The number of nitrogens with zero attached hydrogens (tertiary/aromatic N) is 1. The number of rotatable bonds is 6. The van der Waals surface area contributed by atoms with E-state index in [0.29, 0.717) is 37.5 Å². The van der Waals surface area contributed by atoms with Gasteiger partial charge < -0.3 is 24.8 Å². The summed E-state index contributed by atoms with van der Waals surface area (Å²) in [6.07, 6.45) is 0.127. The lowest BCUT2D eigenvalue weighted by Crippen LogP contribution is -2.48. The van der Waals surface area contributed by atoms with E-state index in [1.54, 1.807) is 12.1 Å². The quantitative estimate of drug-likeness (QED) is 0.801. The van der Waals surface area contributed by atoms with Gasteiger partial charge in [0.2, 0.25) is 0 Å². The summed E-state index contributed by atoms with van der Waals surface area (Å²) in [6.45, 7) is 6.54. The highest BCUT2D eigenvalue weighted by Gasteiger charge is 2.26. The molecule has 0 bridgehead atoms. The molecular weight excluding hydrogens is 356 g/mol. The highest BCUT2D eigenvalue weighted by Crippen LogP contribution is 2.26. The Hall–Kier alpha value is -2.57. The van der Waals surface area contributed by atoms with Crippen LogP contribution in [-0.4, -0.2) is 48.3 Å². The monoisotopic (exact) mass is 384 g/mol. The van der Waals surface area contributed by atoms with Gasteiger partial charge in [-0.05, 0) is 49.2 Å². The summed E-state index contributed by atoms with van der Waals surface area (Å²) in [6, 6.07) is 13.1. The van der Waals surface area contributed by atoms with Crippen molar-refractivity contribution in [1.82, 2.24) is 10.2 Å². The van der Waals surface area contributed by atoms with Gasteiger partial charge >= 0.3 is 0 Å². The van der Waals surface area contributed by atoms with Crippen molar-refractivity contribution in [3.8, 4) is 11.5 Å². The normalized spacial score (nSPS) is 19.5. The Balaban J connectivity index is 1.53. The molecule has 150 valence electrons. The van der Waals surface area contributed by atoms with Crippen LogP contribution in [-0.2, 0) is 17.8 Å². The van der Waals surface area contributed by atoms with E-state index in [2.05, 4.69) is 5.32 Å². The van der Waals surface area contributed by atoms with Gasteiger partial charge in [-0.2, -0.15) is 0 Å². The first-order chi connectivity index (χ1) is 13.5. The molecule has 0 aliphatic carbocycles. The third kappa shape index (κ3) is 5.03. The summed E-state index contributed by atoms with van der Waals surface area (Å²) in [7, 11) is 1.53. The maximum atomic E-state index is 12.7. The fraction of sp³-hybridized carbons (Fsp3) is 0.409. The van der Waals surface area contributed by atoms with Crippen LogP contribution in [0, 0.1) is 0 Å². The molecule has 2 atom stereocenters. The van der Waals surface area contributed by atoms with Gasteiger partial charge in [0.1, 0.15) is 0 Å². The maximum Gasteiger partial charge on any atom is 0.254 e. The van der Waals surface area contributed by atoms with E-state index in [1.165, 1.54) is 7.11 Å². The van der Waals surface area contributed by atoms with Gasteiger partial charge in [0, 0.05) is 31.7 Å². The minimum atomic E-state index is 0.0511. The SMILES string of the molecule is COc1ccc(CNCc2ccc(C(=O)N3CC(C)OC(C)C3)cc2)cc1O. The molecule has 2 aromatic rings. The summed E-state index contributed by atoms with van der Waals surface area (Å²) >= 11 is 0. The Morgan fingerprint density at radius 2 is 1.71 bits per heavy atom. The third-order valence-electron chi connectivity index (χ3n) is 4.81. The number of carbonyl (C=O) groups is 1. The second kappa shape index (κ2) is 9.08. The average molecular weight is 384 g/mol. The molecule has 1 fully saturated rings. The van der Waals surface area contributed by atoms with Gasteiger partial charge in [-0.3, -0.25) is 4.79 Å². The van der Waals surface area contributed by atoms with Crippen LogP contribution in [0.25, 0.3) is 0 Å². The lowest BCUT2D eigenvalue weighted by molar-refractivity contribution is -0.0586. The zero-order valence-electron chi connectivity index (χ0n) is 16.6. The Morgan fingerprint density at radius 3 is 2.32 bits per heavy atom. The fourth-order valence-electron chi connectivity index (χ4n) is 3.49. The standard InChI is InChI=1S/C22H28N2O4/c1-15-13-24(14-16(2)28-15)22(26)19-7-4-17(5-8-19)11-23-12-18-6-9-21(27-3)20(25)10-18/h4-10,15-16,23,25H,11-14H2,1-3H3. The number of hydrogen-bond acceptors (Lipinski definition) is 5. The number of phenolic OH excluding ortho intramolecular Hbond substituents is 1. The topological polar surface area (TPSA) is 71.0 Å². The largest absolute Gasteiger partial charge is 0.504 e. The van der Waals surface area contributed by atoms with Crippen LogP contribution in [0.1, 0.15) is 35.3 Å². The Labute approximate surface area is 166 Å². The van der Waals surface area contributed by atoms with Crippen molar-refractivity contribution in [3.05, 3.63) is 59.2 Å². The molecule has 0 radical (unpaired) electrons. The van der Waals surface area contributed by atoms with E-state index in [9.17, 15) is 9.90 Å². The number of carbonyl (C=O) groups excluding carboxylic acids is 1. The van der Waals surface area contributed by atoms with E-state index in [-0.39, 0.29) is 23.9 Å². The van der Waals surface area contributed by atoms with E-state index >= 15 is 0 Å². The summed E-state index contributed by atoms with van der Waals surface area (Å²) in [4.78, 5) is 14.6. The highest BCUT2D eigenvalue weighted by atomic mass is 16.5. The first-order valence-electron chi connectivity index (χ1n) is 9.56. The van der Waals surface area contributed by atoms with Crippen molar-refractivity contribution < 1.29 is 19.4 Å². The molecule has 1 aliphatic rings.